The van der Waals surface area contributed by atoms with E-state index in [1.165, 1.54) is 49.7 Å². The lowest BCUT2D eigenvalue weighted by atomic mass is 9.81. The minimum atomic E-state index is -0.768. The maximum Gasteiger partial charge on any atom is 0.130 e. The first-order chi connectivity index (χ1) is 17.0. The van der Waals surface area contributed by atoms with Gasteiger partial charge in [-0.2, -0.15) is 0 Å². The molecule has 0 bridgehead atoms. The van der Waals surface area contributed by atoms with E-state index in [2.05, 4.69) is 124 Å². The van der Waals surface area contributed by atoms with Crippen LogP contribution in [0, 0.1) is 6.92 Å². The maximum absolute atomic E-state index is 6.38. The molecule has 1 radical (unpaired) electrons. The Morgan fingerprint density at radius 3 is 1.91 bits per heavy atom. The normalized spacial score (nSPS) is 14.8. The number of rotatable bonds is 6. The molecule has 1 atom stereocenters. The molecule has 0 N–H and O–H groups in total. The summed E-state index contributed by atoms with van der Waals surface area (Å²) in [7, 11) is 1.08. The second-order valence-corrected chi connectivity index (χ2v) is 12.3. The van der Waals surface area contributed by atoms with Gasteiger partial charge in [0.2, 0.25) is 0 Å². The molecule has 0 saturated carbocycles. The largest absolute Gasteiger partial charge is 0.496 e. The van der Waals surface area contributed by atoms with E-state index in [9.17, 15) is 0 Å². The highest BCUT2D eigenvalue weighted by Gasteiger charge is 2.32. The van der Waals surface area contributed by atoms with Gasteiger partial charge in [0.05, 0.1) is 15.9 Å². The van der Waals surface area contributed by atoms with Gasteiger partial charge in [0, 0.05) is 23.0 Å². The number of ether oxygens (including phenoxy) is 1. The van der Waals surface area contributed by atoms with Crippen LogP contribution < -0.4 is 9.92 Å². The van der Waals surface area contributed by atoms with Crippen LogP contribution >= 0.6 is 0 Å². The first kappa shape index (κ1) is 23.4. The average Bonchev–Trinajstić information content (AvgIpc) is 3.21. The third-order valence-corrected chi connectivity index (χ3v) is 8.99. The summed E-state index contributed by atoms with van der Waals surface area (Å²) in [5, 5.41) is 1.48. The molecule has 0 aliphatic heterocycles. The minimum absolute atomic E-state index is 0.112. The molecule has 5 rings (SSSR count). The fourth-order valence-electron chi connectivity index (χ4n) is 5.82. The van der Waals surface area contributed by atoms with Gasteiger partial charge in [-0.15, -0.1) is 0 Å². The van der Waals surface area contributed by atoms with Gasteiger partial charge in [-0.1, -0.05) is 122 Å². The molecule has 175 valence electrons. The van der Waals surface area contributed by atoms with Crippen molar-refractivity contribution in [2.75, 3.05) is 7.11 Å². The zero-order valence-electron chi connectivity index (χ0n) is 21.3. The van der Waals surface area contributed by atoms with Gasteiger partial charge in [-0.05, 0) is 40.8 Å². The minimum Gasteiger partial charge on any atom is -0.496 e. The molecule has 0 saturated heterocycles. The van der Waals surface area contributed by atoms with E-state index in [1.54, 1.807) is 0 Å². The number of allylic oxidation sites excluding steroid dienone is 1. The second-order valence-electron chi connectivity index (χ2n) is 9.77. The Bertz CT molecular complexity index is 1330. The summed E-state index contributed by atoms with van der Waals surface area (Å²) < 4.78 is 6.38. The monoisotopic (exact) mass is 473 g/mol. The van der Waals surface area contributed by atoms with E-state index < -0.39 is 8.80 Å². The molecular weight excluding hydrogens is 440 g/mol. The highest BCUT2D eigenvalue weighted by molar-refractivity contribution is 6.71. The second kappa shape index (κ2) is 9.71. The van der Waals surface area contributed by atoms with Crippen LogP contribution in [0.15, 0.2) is 91.0 Å². The van der Waals surface area contributed by atoms with E-state index in [4.69, 9.17) is 4.74 Å². The highest BCUT2D eigenvalue weighted by Crippen LogP contribution is 2.47. The first-order valence-corrected chi connectivity index (χ1v) is 14.9. The summed E-state index contributed by atoms with van der Waals surface area (Å²) in [5.41, 5.74) is 10.6. The van der Waals surface area contributed by atoms with Crippen molar-refractivity contribution in [3.05, 3.63) is 130 Å². The molecular formula is C33H33OSi. The van der Waals surface area contributed by atoms with Crippen molar-refractivity contribution in [2.24, 2.45) is 0 Å². The van der Waals surface area contributed by atoms with Crippen LogP contribution in [0.4, 0.5) is 0 Å². The fraction of sp³-hybridized carbons (Fsp3) is 0.212. The fourth-order valence-corrected chi connectivity index (χ4v) is 7.48. The van der Waals surface area contributed by atoms with Crippen LogP contribution in [0.3, 0.4) is 0 Å². The van der Waals surface area contributed by atoms with Crippen LogP contribution in [0.2, 0.25) is 13.1 Å². The third kappa shape index (κ3) is 4.17. The predicted molar refractivity (Wildman–Crippen MR) is 151 cm³/mol. The van der Waals surface area contributed by atoms with Crippen molar-refractivity contribution in [1.29, 1.82) is 0 Å². The first-order valence-electron chi connectivity index (χ1n) is 12.4. The van der Waals surface area contributed by atoms with Crippen molar-refractivity contribution < 1.29 is 4.74 Å². The van der Waals surface area contributed by atoms with E-state index in [0.29, 0.717) is 5.92 Å². The number of fused-ring (bicyclic) bond motifs is 1. The zero-order chi connectivity index (χ0) is 24.5. The molecule has 0 fully saturated rings. The van der Waals surface area contributed by atoms with Gasteiger partial charge in [0.1, 0.15) is 5.75 Å². The standard InChI is InChI=1S/C33H33OSi/c1-22-20-29(28-21-26-18-12-13-19-27(26)23(28)2)32(34-3)31(33(22)35(4)5)30(24-14-8-6-9-15-24)25-16-10-7-11-17-25/h6-21,23,30H,1-5H3. The van der Waals surface area contributed by atoms with E-state index in [0.717, 1.165) is 5.75 Å². The quantitative estimate of drug-likeness (QED) is 0.205. The molecule has 1 nitrogen and oxygen atoms in total. The lowest BCUT2D eigenvalue weighted by Gasteiger charge is -2.29. The van der Waals surface area contributed by atoms with Crippen LogP contribution in [0.5, 0.6) is 5.75 Å². The average molecular weight is 474 g/mol. The van der Waals surface area contributed by atoms with Crippen molar-refractivity contribution in [1.82, 2.24) is 0 Å². The molecule has 1 unspecified atom stereocenters. The van der Waals surface area contributed by atoms with Crippen LogP contribution in [0.1, 0.15) is 57.7 Å². The maximum atomic E-state index is 6.38. The number of methoxy groups -OCH3 is 1. The molecule has 0 aromatic heterocycles. The summed E-state index contributed by atoms with van der Waals surface area (Å²) in [6, 6.07) is 33.0. The van der Waals surface area contributed by atoms with Crippen LogP contribution in [0.25, 0.3) is 11.6 Å². The van der Waals surface area contributed by atoms with Crippen molar-refractivity contribution in [2.45, 2.75) is 38.8 Å². The summed E-state index contributed by atoms with van der Waals surface area (Å²) in [4.78, 5) is 0. The van der Waals surface area contributed by atoms with Crippen molar-refractivity contribution in [3.8, 4) is 5.75 Å². The van der Waals surface area contributed by atoms with Gasteiger partial charge < -0.3 is 4.74 Å². The van der Waals surface area contributed by atoms with E-state index in [-0.39, 0.29) is 5.92 Å². The Morgan fingerprint density at radius 2 is 1.37 bits per heavy atom. The molecule has 1 aliphatic rings. The summed E-state index contributed by atoms with van der Waals surface area (Å²) in [5.74, 6) is 1.47. The molecule has 2 heteroatoms. The van der Waals surface area contributed by atoms with Crippen molar-refractivity contribution in [3.63, 3.8) is 0 Å². The number of hydrogen-bond acceptors (Lipinski definition) is 1. The third-order valence-electron chi connectivity index (χ3n) is 7.32. The lowest BCUT2D eigenvalue weighted by molar-refractivity contribution is 0.408. The Balaban J connectivity index is 1.82. The van der Waals surface area contributed by atoms with Gasteiger partial charge in [0.15, 0.2) is 0 Å². The lowest BCUT2D eigenvalue weighted by Crippen LogP contribution is -2.32. The number of aryl methyl sites for hydroxylation is 1. The Kier molecular flexibility index (Phi) is 6.49. The van der Waals surface area contributed by atoms with Gasteiger partial charge >= 0.3 is 0 Å². The van der Waals surface area contributed by atoms with E-state index in [1.807, 2.05) is 7.11 Å². The van der Waals surface area contributed by atoms with Crippen molar-refractivity contribution >= 4 is 25.6 Å². The van der Waals surface area contributed by atoms with Gasteiger partial charge in [0.25, 0.3) is 0 Å². The summed E-state index contributed by atoms with van der Waals surface area (Å²) >= 11 is 0. The molecule has 0 spiro atoms. The number of hydrogen-bond donors (Lipinski definition) is 0. The topological polar surface area (TPSA) is 9.23 Å². The van der Waals surface area contributed by atoms with Gasteiger partial charge in [-0.25, -0.2) is 0 Å². The highest BCUT2D eigenvalue weighted by atomic mass is 28.3. The van der Waals surface area contributed by atoms with E-state index >= 15 is 0 Å². The van der Waals surface area contributed by atoms with Crippen LogP contribution in [-0.2, 0) is 0 Å². The zero-order valence-corrected chi connectivity index (χ0v) is 22.3. The Morgan fingerprint density at radius 1 is 0.800 bits per heavy atom. The summed E-state index contributed by atoms with van der Waals surface area (Å²) in [6.45, 7) is 9.41. The molecule has 4 aromatic carbocycles. The molecule has 0 amide bonds. The molecule has 1 aliphatic carbocycles. The SMILES string of the molecule is COc1c(C2=Cc3ccccc3C2C)cc(C)c([Si](C)C)c1C(c1ccccc1)c1ccccc1. The van der Waals surface area contributed by atoms with Crippen LogP contribution in [-0.4, -0.2) is 15.9 Å². The smallest absolute Gasteiger partial charge is 0.130 e. The Labute approximate surface area is 211 Å². The molecule has 0 heterocycles. The number of benzene rings is 4. The Hall–Kier alpha value is -3.36. The molecule has 4 aromatic rings. The predicted octanol–water partition coefficient (Wildman–Crippen LogP) is 7.80. The summed E-state index contributed by atoms with van der Waals surface area (Å²) in [6.07, 6.45) is 2.37. The molecule has 35 heavy (non-hydrogen) atoms. The van der Waals surface area contributed by atoms with Gasteiger partial charge in [-0.3, -0.25) is 0 Å².